The topological polar surface area (TPSA) is 55.4 Å². The van der Waals surface area contributed by atoms with Crippen molar-refractivity contribution in [1.29, 1.82) is 0 Å². The lowest BCUT2D eigenvalue weighted by molar-refractivity contribution is 0.333. The molecule has 0 aliphatic heterocycles. The lowest BCUT2D eigenvalue weighted by Crippen LogP contribution is -2.20. The molecule has 0 fully saturated rings. The van der Waals surface area contributed by atoms with E-state index in [2.05, 4.69) is 5.32 Å². The van der Waals surface area contributed by atoms with E-state index in [-0.39, 0.29) is 24.2 Å². The van der Waals surface area contributed by atoms with Crippen molar-refractivity contribution in [2.75, 3.05) is 24.7 Å². The van der Waals surface area contributed by atoms with E-state index in [0.717, 1.165) is 12.1 Å². The fraction of sp³-hybridized carbons (Fsp3) is 0.600. The van der Waals surface area contributed by atoms with Crippen LogP contribution in [0.15, 0.2) is 18.2 Å². The molecule has 0 radical (unpaired) electrons. The van der Waals surface area contributed by atoms with Crippen LogP contribution in [0, 0.1) is 0 Å². The molecule has 0 aliphatic carbocycles. The average Bonchev–Trinajstić information content (AvgIpc) is 2.40. The minimum atomic E-state index is -3.02. The first-order chi connectivity index (χ1) is 9.89. The van der Waals surface area contributed by atoms with E-state index in [1.807, 2.05) is 26.8 Å². The molecule has 0 saturated carbocycles. The van der Waals surface area contributed by atoms with E-state index in [1.165, 1.54) is 0 Å². The predicted octanol–water partition coefficient (Wildman–Crippen LogP) is 3.21. The van der Waals surface area contributed by atoms with E-state index < -0.39 is 9.84 Å². The standard InChI is InChI=1S/C15H24ClNO3S/c1-4-9-21(18,19)10-8-20-15-7-6-13(16)11-14(15)12(3)17-5-2/h6-7,11-12,17H,4-5,8-10H2,1-3H3. The largest absolute Gasteiger partial charge is 0.492 e. The molecule has 0 heterocycles. The molecular weight excluding hydrogens is 310 g/mol. The Hall–Kier alpha value is -0.780. The first kappa shape index (κ1) is 18.3. The second-order valence-electron chi connectivity index (χ2n) is 4.96. The molecule has 120 valence electrons. The van der Waals surface area contributed by atoms with Gasteiger partial charge in [0.1, 0.15) is 12.4 Å². The van der Waals surface area contributed by atoms with Gasteiger partial charge in [-0.3, -0.25) is 0 Å². The summed E-state index contributed by atoms with van der Waals surface area (Å²) in [4.78, 5) is 0. The van der Waals surface area contributed by atoms with Gasteiger partial charge in [0.15, 0.2) is 9.84 Å². The van der Waals surface area contributed by atoms with Crippen molar-refractivity contribution in [3.05, 3.63) is 28.8 Å². The minimum Gasteiger partial charge on any atom is -0.492 e. The molecule has 1 aromatic rings. The lowest BCUT2D eigenvalue weighted by atomic mass is 10.1. The highest BCUT2D eigenvalue weighted by Crippen LogP contribution is 2.28. The van der Waals surface area contributed by atoms with E-state index in [9.17, 15) is 8.42 Å². The van der Waals surface area contributed by atoms with E-state index in [4.69, 9.17) is 16.3 Å². The summed E-state index contributed by atoms with van der Waals surface area (Å²) in [6.45, 7) is 6.90. The Morgan fingerprint density at radius 3 is 2.62 bits per heavy atom. The molecule has 21 heavy (non-hydrogen) atoms. The summed E-state index contributed by atoms with van der Waals surface area (Å²) in [5.41, 5.74) is 0.942. The summed E-state index contributed by atoms with van der Waals surface area (Å²) in [5, 5.41) is 3.94. The second kappa shape index (κ2) is 8.61. The van der Waals surface area contributed by atoms with Crippen molar-refractivity contribution in [2.24, 2.45) is 0 Å². The first-order valence-corrected chi connectivity index (χ1v) is 9.45. The zero-order chi connectivity index (χ0) is 15.9. The first-order valence-electron chi connectivity index (χ1n) is 7.25. The number of halogens is 1. The third kappa shape index (κ3) is 6.24. The van der Waals surface area contributed by atoms with Crippen LogP contribution in [0.25, 0.3) is 0 Å². The number of ether oxygens (including phenoxy) is 1. The monoisotopic (exact) mass is 333 g/mol. The number of rotatable bonds is 9. The number of hydrogen-bond donors (Lipinski definition) is 1. The van der Waals surface area contributed by atoms with Gasteiger partial charge in [-0.25, -0.2) is 8.42 Å². The van der Waals surface area contributed by atoms with E-state index >= 15 is 0 Å². The van der Waals surface area contributed by atoms with Gasteiger partial charge in [0.05, 0.1) is 11.5 Å². The highest BCUT2D eigenvalue weighted by molar-refractivity contribution is 7.91. The molecule has 1 N–H and O–H groups in total. The predicted molar refractivity (Wildman–Crippen MR) is 88.0 cm³/mol. The van der Waals surface area contributed by atoms with Crippen LogP contribution >= 0.6 is 11.6 Å². The van der Waals surface area contributed by atoms with Crippen molar-refractivity contribution in [3.8, 4) is 5.75 Å². The number of hydrogen-bond acceptors (Lipinski definition) is 4. The van der Waals surface area contributed by atoms with E-state index in [0.29, 0.717) is 17.2 Å². The molecule has 1 rings (SSSR count). The highest BCUT2D eigenvalue weighted by Gasteiger charge is 2.14. The van der Waals surface area contributed by atoms with Gasteiger partial charge in [-0.05, 0) is 38.1 Å². The Bertz CT molecular complexity index is 546. The molecule has 1 unspecified atom stereocenters. The van der Waals surface area contributed by atoms with Crippen LogP contribution < -0.4 is 10.1 Å². The maximum atomic E-state index is 11.7. The van der Waals surface area contributed by atoms with Gasteiger partial charge in [-0.1, -0.05) is 25.4 Å². The molecule has 0 saturated heterocycles. The Morgan fingerprint density at radius 2 is 2.00 bits per heavy atom. The van der Waals surface area contributed by atoms with Gasteiger partial charge >= 0.3 is 0 Å². The van der Waals surface area contributed by atoms with E-state index in [1.54, 1.807) is 12.1 Å². The summed E-state index contributed by atoms with van der Waals surface area (Å²) in [7, 11) is -3.02. The summed E-state index contributed by atoms with van der Waals surface area (Å²) in [6, 6.07) is 5.48. The molecule has 0 amide bonds. The number of sulfone groups is 1. The van der Waals surface area contributed by atoms with Gasteiger partial charge < -0.3 is 10.1 Å². The maximum absolute atomic E-state index is 11.7. The summed E-state index contributed by atoms with van der Waals surface area (Å²) < 4.78 is 29.0. The van der Waals surface area contributed by atoms with Crippen molar-refractivity contribution in [2.45, 2.75) is 33.2 Å². The average molecular weight is 334 g/mol. The third-order valence-corrected chi connectivity index (χ3v) is 5.17. The molecule has 0 aliphatic rings. The fourth-order valence-electron chi connectivity index (χ4n) is 2.10. The molecule has 1 aromatic carbocycles. The van der Waals surface area contributed by atoms with Crippen molar-refractivity contribution in [3.63, 3.8) is 0 Å². The zero-order valence-electron chi connectivity index (χ0n) is 12.9. The Labute approximate surface area is 132 Å². The van der Waals surface area contributed by atoms with Gasteiger partial charge in [0.2, 0.25) is 0 Å². The molecule has 0 spiro atoms. The molecule has 6 heteroatoms. The third-order valence-electron chi connectivity index (χ3n) is 3.12. The number of benzene rings is 1. The Kier molecular flexibility index (Phi) is 7.49. The van der Waals surface area contributed by atoms with Crippen LogP contribution in [0.2, 0.25) is 5.02 Å². The fourth-order valence-corrected chi connectivity index (χ4v) is 3.44. The normalized spacial score (nSPS) is 13.1. The minimum absolute atomic E-state index is 0.0402. The maximum Gasteiger partial charge on any atom is 0.153 e. The van der Waals surface area contributed by atoms with Crippen LogP contribution in [-0.2, 0) is 9.84 Å². The molecular formula is C15H24ClNO3S. The second-order valence-corrected chi connectivity index (χ2v) is 7.70. The van der Waals surface area contributed by atoms with Gasteiger partial charge in [0.25, 0.3) is 0 Å². The summed E-state index contributed by atoms with van der Waals surface area (Å²) >= 11 is 6.03. The molecule has 4 nitrogen and oxygen atoms in total. The summed E-state index contributed by atoms with van der Waals surface area (Å²) in [5.74, 6) is 0.926. The van der Waals surface area contributed by atoms with Crippen LogP contribution in [0.1, 0.15) is 38.8 Å². The molecule has 0 aromatic heterocycles. The van der Waals surface area contributed by atoms with Crippen molar-refractivity contribution < 1.29 is 13.2 Å². The van der Waals surface area contributed by atoms with Crippen molar-refractivity contribution in [1.82, 2.24) is 5.32 Å². The quantitative estimate of drug-likeness (QED) is 0.754. The van der Waals surface area contributed by atoms with Crippen LogP contribution in [-0.4, -0.2) is 33.1 Å². The van der Waals surface area contributed by atoms with Crippen LogP contribution in [0.3, 0.4) is 0 Å². The number of nitrogens with one attached hydrogen (secondary N) is 1. The van der Waals surface area contributed by atoms with Gasteiger partial charge in [-0.2, -0.15) is 0 Å². The van der Waals surface area contributed by atoms with Crippen LogP contribution in [0.4, 0.5) is 0 Å². The lowest BCUT2D eigenvalue weighted by Gasteiger charge is -2.18. The van der Waals surface area contributed by atoms with Gasteiger partial charge in [0, 0.05) is 16.6 Å². The SMILES string of the molecule is CCCS(=O)(=O)CCOc1ccc(Cl)cc1C(C)NCC. The summed E-state index contributed by atoms with van der Waals surface area (Å²) in [6.07, 6.45) is 0.631. The molecule has 0 bridgehead atoms. The van der Waals surface area contributed by atoms with Crippen molar-refractivity contribution >= 4 is 21.4 Å². The van der Waals surface area contributed by atoms with Crippen LogP contribution in [0.5, 0.6) is 5.75 Å². The Balaban J connectivity index is 2.74. The zero-order valence-corrected chi connectivity index (χ0v) is 14.4. The molecule has 1 atom stereocenters. The highest BCUT2D eigenvalue weighted by atomic mass is 35.5. The smallest absolute Gasteiger partial charge is 0.153 e. The van der Waals surface area contributed by atoms with Gasteiger partial charge in [-0.15, -0.1) is 0 Å². The Morgan fingerprint density at radius 1 is 1.29 bits per heavy atom.